The number of rotatable bonds is 6. The highest BCUT2D eigenvalue weighted by Crippen LogP contribution is 2.55. The number of benzene rings is 6. The lowest BCUT2D eigenvalue weighted by atomic mass is 9.66. The van der Waals surface area contributed by atoms with Gasteiger partial charge in [-0.05, 0) is 126 Å². The summed E-state index contributed by atoms with van der Waals surface area (Å²) in [7, 11) is 0. The number of para-hydroxylation sites is 4. The maximum Gasteiger partial charge on any atom is 0.0597 e. The summed E-state index contributed by atoms with van der Waals surface area (Å²) in [5.41, 5.74) is 12.1. The van der Waals surface area contributed by atoms with E-state index in [0.717, 1.165) is 12.8 Å². The molecular formula is C42H38N2. The predicted molar refractivity (Wildman–Crippen MR) is 186 cm³/mol. The van der Waals surface area contributed by atoms with E-state index < -0.39 is 0 Å². The predicted octanol–water partition coefficient (Wildman–Crippen LogP) is 11.6. The first-order chi connectivity index (χ1) is 21.7. The monoisotopic (exact) mass is 570 g/mol. The van der Waals surface area contributed by atoms with Crippen LogP contribution in [-0.4, -0.2) is 0 Å². The van der Waals surface area contributed by atoms with Crippen LogP contribution in [0.3, 0.4) is 0 Å². The first-order valence-corrected chi connectivity index (χ1v) is 16.1. The molecule has 44 heavy (non-hydrogen) atoms. The number of aryl methyl sites for hydroxylation is 2. The van der Waals surface area contributed by atoms with Gasteiger partial charge >= 0.3 is 0 Å². The van der Waals surface area contributed by atoms with Gasteiger partial charge in [-0.3, -0.25) is 0 Å². The van der Waals surface area contributed by atoms with Gasteiger partial charge in [0.2, 0.25) is 0 Å². The Kier molecular flexibility index (Phi) is 6.71. The SMILES string of the molecule is Cc1cc(N(c2ccccc2)c2ccccc2)c2c3c4c(ccc13)C(N(c1ccccc1)c1ccccc1)CC(C)C4CC2. The first-order valence-electron chi connectivity index (χ1n) is 16.1. The third-order valence-electron chi connectivity index (χ3n) is 10.0. The van der Waals surface area contributed by atoms with Crippen molar-refractivity contribution in [3.63, 3.8) is 0 Å². The number of anilines is 5. The van der Waals surface area contributed by atoms with Crippen molar-refractivity contribution in [1.29, 1.82) is 0 Å². The zero-order chi connectivity index (χ0) is 29.6. The molecule has 0 amide bonds. The molecule has 0 radical (unpaired) electrons. The van der Waals surface area contributed by atoms with Crippen LogP contribution in [0.1, 0.15) is 54.0 Å². The van der Waals surface area contributed by atoms with Crippen LogP contribution in [0.5, 0.6) is 0 Å². The lowest BCUT2D eigenvalue weighted by Crippen LogP contribution is -2.34. The molecular weight excluding hydrogens is 532 g/mol. The van der Waals surface area contributed by atoms with Gasteiger partial charge in [0.1, 0.15) is 0 Å². The van der Waals surface area contributed by atoms with Crippen LogP contribution in [0.25, 0.3) is 10.8 Å². The zero-order valence-corrected chi connectivity index (χ0v) is 25.5. The van der Waals surface area contributed by atoms with Crippen molar-refractivity contribution in [1.82, 2.24) is 0 Å². The van der Waals surface area contributed by atoms with Gasteiger partial charge in [-0.1, -0.05) is 91.9 Å². The summed E-state index contributed by atoms with van der Waals surface area (Å²) in [4.78, 5) is 5.07. The fourth-order valence-electron chi connectivity index (χ4n) is 8.10. The topological polar surface area (TPSA) is 6.48 Å². The average Bonchev–Trinajstić information content (AvgIpc) is 3.08. The minimum Gasteiger partial charge on any atom is -0.334 e. The van der Waals surface area contributed by atoms with E-state index in [1.165, 1.54) is 62.3 Å². The van der Waals surface area contributed by atoms with Crippen molar-refractivity contribution in [2.24, 2.45) is 5.92 Å². The Hall–Kier alpha value is -4.82. The Balaban J connectivity index is 1.38. The summed E-state index contributed by atoms with van der Waals surface area (Å²) in [6.07, 6.45) is 3.43. The highest BCUT2D eigenvalue weighted by molar-refractivity contribution is 5.99. The summed E-state index contributed by atoms with van der Waals surface area (Å²) >= 11 is 0. The minimum atomic E-state index is 0.264. The van der Waals surface area contributed by atoms with Crippen LogP contribution < -0.4 is 9.80 Å². The van der Waals surface area contributed by atoms with E-state index in [-0.39, 0.29) is 6.04 Å². The fraction of sp³-hybridized carbons (Fsp3) is 0.190. The van der Waals surface area contributed by atoms with Crippen molar-refractivity contribution in [3.8, 4) is 0 Å². The molecule has 6 aromatic rings. The van der Waals surface area contributed by atoms with E-state index in [1.807, 2.05) is 0 Å². The summed E-state index contributed by atoms with van der Waals surface area (Å²) in [5, 5.41) is 2.91. The van der Waals surface area contributed by atoms with E-state index >= 15 is 0 Å². The van der Waals surface area contributed by atoms with E-state index in [4.69, 9.17) is 0 Å². The molecule has 2 aliphatic carbocycles. The Labute approximate surface area is 261 Å². The van der Waals surface area contributed by atoms with Gasteiger partial charge in [0.25, 0.3) is 0 Å². The lowest BCUT2D eigenvalue weighted by Gasteiger charge is -2.45. The largest absolute Gasteiger partial charge is 0.334 e. The van der Waals surface area contributed by atoms with Gasteiger partial charge < -0.3 is 9.80 Å². The highest BCUT2D eigenvalue weighted by atomic mass is 15.2. The van der Waals surface area contributed by atoms with Gasteiger partial charge in [0.15, 0.2) is 0 Å². The molecule has 0 saturated carbocycles. The van der Waals surface area contributed by atoms with Crippen LogP contribution in [-0.2, 0) is 6.42 Å². The minimum absolute atomic E-state index is 0.264. The standard InChI is InChI=1S/C42H38N2/c1-29-27-39(43(31-15-7-3-8-16-31)32-17-9-4-10-18-32)37-26-24-36-30(2)28-40(38-25-23-35(29)41(37)42(36)38)44(33-19-11-5-12-20-33)34-21-13-6-14-22-34/h3-23,25,27,30,36,40H,24,26,28H2,1-2H3. The van der Waals surface area contributed by atoms with Crippen LogP contribution in [0.2, 0.25) is 0 Å². The van der Waals surface area contributed by atoms with Crippen LogP contribution >= 0.6 is 0 Å². The normalized spacial score (nSPS) is 18.6. The Morgan fingerprint density at radius 3 is 1.68 bits per heavy atom. The van der Waals surface area contributed by atoms with E-state index in [1.54, 1.807) is 5.56 Å². The molecule has 6 aromatic carbocycles. The molecule has 0 aliphatic heterocycles. The first kappa shape index (κ1) is 26.8. The van der Waals surface area contributed by atoms with Crippen LogP contribution in [0, 0.1) is 12.8 Å². The fourth-order valence-corrected chi connectivity index (χ4v) is 8.10. The molecule has 0 fully saturated rings. The van der Waals surface area contributed by atoms with Crippen molar-refractivity contribution in [3.05, 3.63) is 162 Å². The smallest absolute Gasteiger partial charge is 0.0597 e. The molecule has 2 aliphatic rings. The third kappa shape index (κ3) is 4.40. The van der Waals surface area contributed by atoms with Crippen molar-refractivity contribution in [2.75, 3.05) is 9.80 Å². The third-order valence-corrected chi connectivity index (χ3v) is 10.0. The molecule has 2 nitrogen and oxygen atoms in total. The van der Waals surface area contributed by atoms with Gasteiger partial charge in [-0.15, -0.1) is 0 Å². The van der Waals surface area contributed by atoms with Crippen LogP contribution in [0.4, 0.5) is 28.4 Å². The maximum atomic E-state index is 2.59. The molecule has 8 rings (SSSR count). The summed E-state index contributed by atoms with van der Waals surface area (Å²) in [6.45, 7) is 4.80. The van der Waals surface area contributed by atoms with Gasteiger partial charge in [0.05, 0.1) is 11.7 Å². The Bertz CT molecular complexity index is 1840. The van der Waals surface area contributed by atoms with Gasteiger partial charge in [-0.2, -0.15) is 0 Å². The van der Waals surface area contributed by atoms with Crippen molar-refractivity contribution < 1.29 is 0 Å². The second-order valence-electron chi connectivity index (χ2n) is 12.6. The average molecular weight is 571 g/mol. The summed E-state index contributed by atoms with van der Waals surface area (Å²) in [5.74, 6) is 1.16. The molecule has 3 unspecified atom stereocenters. The second-order valence-corrected chi connectivity index (χ2v) is 12.6. The number of hydrogen-bond acceptors (Lipinski definition) is 2. The second kappa shape index (κ2) is 11.0. The van der Waals surface area contributed by atoms with Crippen molar-refractivity contribution >= 4 is 39.2 Å². The van der Waals surface area contributed by atoms with Crippen LogP contribution in [0.15, 0.2) is 140 Å². The van der Waals surface area contributed by atoms with Gasteiger partial charge in [-0.25, -0.2) is 0 Å². The molecule has 0 bridgehead atoms. The summed E-state index contributed by atoms with van der Waals surface area (Å²) < 4.78 is 0. The van der Waals surface area contributed by atoms with Crippen molar-refractivity contribution in [2.45, 2.75) is 45.1 Å². The van der Waals surface area contributed by atoms with E-state index in [0.29, 0.717) is 11.8 Å². The number of nitrogens with zero attached hydrogens (tertiary/aromatic N) is 2. The molecule has 0 aromatic heterocycles. The number of hydrogen-bond donors (Lipinski definition) is 0. The molecule has 3 atom stereocenters. The molecule has 0 saturated heterocycles. The quantitative estimate of drug-likeness (QED) is 0.196. The molecule has 0 N–H and O–H groups in total. The Morgan fingerprint density at radius 2 is 1.14 bits per heavy atom. The van der Waals surface area contributed by atoms with E-state index in [2.05, 4.69) is 163 Å². The highest BCUT2D eigenvalue weighted by Gasteiger charge is 2.40. The lowest BCUT2D eigenvalue weighted by molar-refractivity contribution is 0.345. The molecule has 2 heteroatoms. The summed E-state index contributed by atoms with van der Waals surface area (Å²) in [6, 6.07) is 51.3. The van der Waals surface area contributed by atoms with Gasteiger partial charge in [0, 0.05) is 22.7 Å². The molecule has 216 valence electrons. The van der Waals surface area contributed by atoms with E-state index in [9.17, 15) is 0 Å². The maximum absolute atomic E-state index is 2.59. The molecule has 0 spiro atoms. The molecule has 0 heterocycles. The zero-order valence-electron chi connectivity index (χ0n) is 25.5. The Morgan fingerprint density at radius 1 is 0.614 bits per heavy atom.